The van der Waals surface area contributed by atoms with E-state index in [1.165, 1.54) is 31.4 Å². The van der Waals surface area contributed by atoms with Gasteiger partial charge in [0.05, 0.1) is 22.5 Å². The molecule has 0 saturated carbocycles. The second-order valence-electron chi connectivity index (χ2n) is 7.01. The Morgan fingerprint density at radius 1 is 0.857 bits per heavy atom. The highest BCUT2D eigenvalue weighted by molar-refractivity contribution is 5.93. The van der Waals surface area contributed by atoms with Crippen LogP contribution >= 0.6 is 0 Å². The monoisotopic (exact) mass is 493 g/mol. The smallest absolute Gasteiger partial charge is 0.354 e. The second kappa shape index (κ2) is 8.77. The highest BCUT2D eigenvalue weighted by Gasteiger charge is 2.35. The first-order valence-corrected chi connectivity index (χ1v) is 9.70. The van der Waals surface area contributed by atoms with Gasteiger partial charge in [0, 0.05) is 31.0 Å². The molecule has 14 heteroatoms. The number of halogens is 6. The lowest BCUT2D eigenvalue weighted by molar-refractivity contribution is -0.138. The van der Waals surface area contributed by atoms with Crippen molar-refractivity contribution in [3.05, 3.63) is 65.7 Å². The Balaban J connectivity index is 1.75. The number of alkyl halides is 6. The molecule has 180 valence electrons. The fraction of sp³-hybridized carbons (Fsp3) is 0.143. The molecule has 0 aliphatic rings. The molecule has 1 amide bonds. The number of hydrogen-bond acceptors (Lipinski definition) is 7. The van der Waals surface area contributed by atoms with Gasteiger partial charge in [-0.15, -0.1) is 0 Å². The summed E-state index contributed by atoms with van der Waals surface area (Å²) < 4.78 is 78.9. The molecule has 0 radical (unpaired) electrons. The van der Waals surface area contributed by atoms with Crippen molar-refractivity contribution in [2.75, 3.05) is 12.4 Å². The molecule has 0 saturated heterocycles. The summed E-state index contributed by atoms with van der Waals surface area (Å²) in [5.74, 6) is -0.823. The molecule has 4 rings (SSSR count). The van der Waals surface area contributed by atoms with Crippen LogP contribution in [0.2, 0.25) is 0 Å². The minimum atomic E-state index is -4.77. The molecule has 0 bridgehead atoms. The summed E-state index contributed by atoms with van der Waals surface area (Å²) in [7, 11) is 1.31. The van der Waals surface area contributed by atoms with E-state index in [2.05, 4.69) is 35.6 Å². The Kier molecular flexibility index (Phi) is 5.96. The fourth-order valence-corrected chi connectivity index (χ4v) is 3.07. The third-order valence-corrected chi connectivity index (χ3v) is 4.73. The highest BCUT2D eigenvalue weighted by Crippen LogP contribution is 2.36. The zero-order valence-electron chi connectivity index (χ0n) is 17.5. The minimum Gasteiger partial charge on any atom is -0.354 e. The Hall–Kier alpha value is -4.36. The number of pyridine rings is 3. The van der Waals surface area contributed by atoms with Crippen LogP contribution in [-0.2, 0) is 12.4 Å². The molecule has 2 N–H and O–H groups in total. The third kappa shape index (κ3) is 4.95. The molecule has 0 aliphatic heterocycles. The molecular formula is C21H13F6N7O. The second-order valence-corrected chi connectivity index (χ2v) is 7.01. The summed E-state index contributed by atoms with van der Waals surface area (Å²) in [5.41, 5.74) is -2.79. The van der Waals surface area contributed by atoms with Crippen molar-refractivity contribution in [3.8, 4) is 11.4 Å². The number of nitrogens with zero attached hydrogens (tertiary/aromatic N) is 5. The van der Waals surface area contributed by atoms with E-state index < -0.39 is 35.1 Å². The van der Waals surface area contributed by atoms with Gasteiger partial charge in [0.2, 0.25) is 5.95 Å². The van der Waals surface area contributed by atoms with Gasteiger partial charge in [0.25, 0.3) is 5.91 Å². The summed E-state index contributed by atoms with van der Waals surface area (Å²) in [6.45, 7) is 0. The van der Waals surface area contributed by atoms with Crippen LogP contribution in [0, 0.1) is 0 Å². The number of nitrogens with one attached hydrogen (secondary N) is 2. The summed E-state index contributed by atoms with van der Waals surface area (Å²) in [4.78, 5) is 31.2. The van der Waals surface area contributed by atoms with Crippen LogP contribution in [0.5, 0.6) is 0 Å². The summed E-state index contributed by atoms with van der Waals surface area (Å²) in [5, 5.41) is 5.36. The molecule has 0 spiro atoms. The first-order chi connectivity index (χ1) is 16.5. The van der Waals surface area contributed by atoms with E-state index in [1.54, 1.807) is 0 Å². The van der Waals surface area contributed by atoms with Gasteiger partial charge in [-0.05, 0) is 30.3 Å². The molecule has 4 heterocycles. The third-order valence-electron chi connectivity index (χ3n) is 4.73. The first-order valence-electron chi connectivity index (χ1n) is 9.70. The zero-order valence-corrected chi connectivity index (χ0v) is 17.5. The topological polar surface area (TPSA) is 106 Å². The lowest BCUT2D eigenvalue weighted by Gasteiger charge is -2.14. The van der Waals surface area contributed by atoms with Crippen LogP contribution in [-0.4, -0.2) is 37.9 Å². The SMILES string of the molecule is CNC(=O)c1ccc(C(F)(F)F)c(-c2ccc3c(Nc4ncc(C(F)(F)F)cn4)ccnc3n2)n1. The van der Waals surface area contributed by atoms with E-state index in [0.717, 1.165) is 12.1 Å². The molecule has 8 nitrogen and oxygen atoms in total. The van der Waals surface area contributed by atoms with Crippen LogP contribution in [0.3, 0.4) is 0 Å². The van der Waals surface area contributed by atoms with E-state index in [9.17, 15) is 31.1 Å². The molecule has 0 aromatic carbocycles. The van der Waals surface area contributed by atoms with E-state index in [0.29, 0.717) is 23.5 Å². The van der Waals surface area contributed by atoms with Gasteiger partial charge < -0.3 is 10.6 Å². The zero-order chi connectivity index (χ0) is 25.4. The predicted molar refractivity (Wildman–Crippen MR) is 111 cm³/mol. The molecule has 4 aromatic heterocycles. The Labute approximate surface area is 192 Å². The van der Waals surface area contributed by atoms with E-state index >= 15 is 0 Å². The Bertz CT molecular complexity index is 1400. The number of fused-ring (bicyclic) bond motifs is 1. The number of carbonyl (C=O) groups excluding carboxylic acids is 1. The van der Waals surface area contributed by atoms with Gasteiger partial charge in [0.1, 0.15) is 11.4 Å². The number of aromatic nitrogens is 5. The van der Waals surface area contributed by atoms with Gasteiger partial charge in [-0.1, -0.05) is 0 Å². The summed E-state index contributed by atoms with van der Waals surface area (Å²) >= 11 is 0. The van der Waals surface area contributed by atoms with Gasteiger partial charge in [-0.2, -0.15) is 26.3 Å². The lowest BCUT2D eigenvalue weighted by atomic mass is 10.1. The average molecular weight is 493 g/mol. The lowest BCUT2D eigenvalue weighted by Crippen LogP contribution is -2.20. The first kappa shape index (κ1) is 23.8. The maximum Gasteiger partial charge on any atom is 0.419 e. The number of rotatable bonds is 4. The molecule has 35 heavy (non-hydrogen) atoms. The summed E-state index contributed by atoms with van der Waals surface area (Å²) in [6, 6.07) is 5.83. The van der Waals surface area contributed by atoms with Crippen LogP contribution < -0.4 is 10.6 Å². The molecular weight excluding hydrogens is 480 g/mol. The average Bonchev–Trinajstić information content (AvgIpc) is 2.82. The van der Waals surface area contributed by atoms with Crippen molar-refractivity contribution in [1.29, 1.82) is 0 Å². The molecule has 0 aliphatic carbocycles. The predicted octanol–water partition coefficient (Wildman–Crippen LogP) is 4.62. The van der Waals surface area contributed by atoms with Crippen molar-refractivity contribution in [2.24, 2.45) is 0 Å². The molecule has 0 atom stereocenters. The summed E-state index contributed by atoms with van der Waals surface area (Å²) in [6.07, 6.45) is -6.85. The van der Waals surface area contributed by atoms with Crippen molar-refractivity contribution in [2.45, 2.75) is 12.4 Å². The highest BCUT2D eigenvalue weighted by atomic mass is 19.4. The number of anilines is 2. The number of amides is 1. The standard InChI is InChI=1S/C21H13F6N7O/c1-28-18(35)15-5-3-12(21(25,26)27)16(32-15)14-4-2-11-13(6-7-29-17(11)33-14)34-19-30-8-10(9-31-19)20(22,23)24/h2-9H,1H3,(H,28,35)(H,29,30,31,33,34). The van der Waals surface area contributed by atoms with Gasteiger partial charge >= 0.3 is 12.4 Å². The number of carbonyl (C=O) groups is 1. The quantitative estimate of drug-likeness (QED) is 0.400. The van der Waals surface area contributed by atoms with Gasteiger partial charge in [-0.3, -0.25) is 4.79 Å². The van der Waals surface area contributed by atoms with Crippen molar-refractivity contribution >= 4 is 28.6 Å². The van der Waals surface area contributed by atoms with Gasteiger partial charge in [0.15, 0.2) is 5.65 Å². The fourth-order valence-electron chi connectivity index (χ4n) is 3.07. The molecule has 0 fully saturated rings. The van der Waals surface area contributed by atoms with Crippen LogP contribution in [0.4, 0.5) is 38.0 Å². The van der Waals surface area contributed by atoms with Crippen molar-refractivity contribution < 1.29 is 31.1 Å². The normalized spacial score (nSPS) is 12.0. The van der Waals surface area contributed by atoms with Crippen LogP contribution in [0.25, 0.3) is 22.4 Å². The molecule has 0 unspecified atom stereocenters. The maximum absolute atomic E-state index is 13.6. The van der Waals surface area contributed by atoms with Crippen LogP contribution in [0.15, 0.2) is 48.9 Å². The Morgan fingerprint density at radius 2 is 1.57 bits per heavy atom. The van der Waals surface area contributed by atoms with Crippen LogP contribution in [0.1, 0.15) is 21.6 Å². The Morgan fingerprint density at radius 3 is 2.20 bits per heavy atom. The van der Waals surface area contributed by atoms with E-state index in [1.807, 2.05) is 0 Å². The van der Waals surface area contributed by atoms with Crippen molar-refractivity contribution in [1.82, 2.24) is 30.2 Å². The number of hydrogen-bond donors (Lipinski definition) is 2. The largest absolute Gasteiger partial charge is 0.419 e. The maximum atomic E-state index is 13.6. The molecule has 4 aromatic rings. The minimum absolute atomic E-state index is 0.0136. The van der Waals surface area contributed by atoms with E-state index in [-0.39, 0.29) is 23.0 Å². The van der Waals surface area contributed by atoms with Crippen molar-refractivity contribution in [3.63, 3.8) is 0 Å². The van der Waals surface area contributed by atoms with Gasteiger partial charge in [-0.25, -0.2) is 24.9 Å². The van der Waals surface area contributed by atoms with E-state index in [4.69, 9.17) is 0 Å².